The molecular formula is C19H16BrN3O. The molecule has 0 bridgehead atoms. The van der Waals surface area contributed by atoms with Crippen LogP contribution < -0.4 is 10.6 Å². The Morgan fingerprint density at radius 2 is 1.83 bits per heavy atom. The number of halogens is 1. The van der Waals surface area contributed by atoms with Gasteiger partial charge in [0.2, 0.25) is 0 Å². The Morgan fingerprint density at radius 1 is 1.04 bits per heavy atom. The summed E-state index contributed by atoms with van der Waals surface area (Å²) >= 11 is 3.52. The number of aromatic nitrogens is 1. The highest BCUT2D eigenvalue weighted by molar-refractivity contribution is 9.10. The maximum atomic E-state index is 12.2. The van der Waals surface area contributed by atoms with Gasteiger partial charge in [-0.1, -0.05) is 24.3 Å². The maximum absolute atomic E-state index is 12.2. The van der Waals surface area contributed by atoms with Crippen molar-refractivity contribution in [2.45, 2.75) is 6.92 Å². The first-order valence-corrected chi connectivity index (χ1v) is 8.27. The van der Waals surface area contributed by atoms with Crippen LogP contribution in [0.25, 0.3) is 0 Å². The third-order valence-corrected chi connectivity index (χ3v) is 4.10. The summed E-state index contributed by atoms with van der Waals surface area (Å²) in [5.41, 5.74) is 3.36. The average molecular weight is 382 g/mol. The van der Waals surface area contributed by atoms with Crippen molar-refractivity contribution in [3.8, 4) is 0 Å². The molecule has 1 heterocycles. The van der Waals surface area contributed by atoms with E-state index in [1.54, 1.807) is 18.3 Å². The van der Waals surface area contributed by atoms with Crippen LogP contribution in [0.2, 0.25) is 0 Å². The fourth-order valence-electron chi connectivity index (χ4n) is 2.19. The number of amides is 1. The first-order valence-electron chi connectivity index (χ1n) is 7.47. The molecule has 0 saturated carbocycles. The van der Waals surface area contributed by atoms with Crippen LogP contribution in [0, 0.1) is 6.92 Å². The SMILES string of the molecule is Cc1ccc(Nc2ccc(C(=O)Nc3ccccc3)cn2)c(Br)c1. The van der Waals surface area contributed by atoms with Crippen LogP contribution in [-0.4, -0.2) is 10.9 Å². The van der Waals surface area contributed by atoms with Crippen LogP contribution in [-0.2, 0) is 0 Å². The van der Waals surface area contributed by atoms with Crippen molar-refractivity contribution in [3.05, 3.63) is 82.5 Å². The van der Waals surface area contributed by atoms with Crippen LogP contribution in [0.4, 0.5) is 17.2 Å². The van der Waals surface area contributed by atoms with Gasteiger partial charge in [-0.3, -0.25) is 4.79 Å². The molecule has 5 heteroatoms. The number of benzene rings is 2. The van der Waals surface area contributed by atoms with Crippen LogP contribution in [0.1, 0.15) is 15.9 Å². The van der Waals surface area contributed by atoms with E-state index in [0.29, 0.717) is 11.4 Å². The molecule has 4 nitrogen and oxygen atoms in total. The molecule has 120 valence electrons. The van der Waals surface area contributed by atoms with E-state index in [2.05, 4.69) is 31.5 Å². The Balaban J connectivity index is 1.70. The molecule has 1 aromatic heterocycles. The van der Waals surface area contributed by atoms with Crippen LogP contribution in [0.3, 0.4) is 0 Å². The molecule has 0 aliphatic carbocycles. The Bertz CT molecular complexity index is 848. The molecule has 0 spiro atoms. The molecule has 24 heavy (non-hydrogen) atoms. The number of anilines is 3. The highest BCUT2D eigenvalue weighted by atomic mass is 79.9. The fourth-order valence-corrected chi connectivity index (χ4v) is 2.78. The number of nitrogens with zero attached hydrogens (tertiary/aromatic N) is 1. The summed E-state index contributed by atoms with van der Waals surface area (Å²) in [4.78, 5) is 16.5. The fraction of sp³-hybridized carbons (Fsp3) is 0.0526. The van der Waals surface area contributed by atoms with E-state index in [0.717, 1.165) is 15.8 Å². The van der Waals surface area contributed by atoms with Gasteiger partial charge in [-0.25, -0.2) is 4.98 Å². The van der Waals surface area contributed by atoms with Gasteiger partial charge in [0.05, 0.1) is 11.3 Å². The zero-order valence-corrected chi connectivity index (χ0v) is 14.7. The van der Waals surface area contributed by atoms with E-state index in [4.69, 9.17) is 0 Å². The van der Waals surface area contributed by atoms with Crippen molar-refractivity contribution in [2.75, 3.05) is 10.6 Å². The highest BCUT2D eigenvalue weighted by Gasteiger charge is 2.07. The Hall–Kier alpha value is -2.66. The van der Waals surface area contributed by atoms with Crippen molar-refractivity contribution >= 4 is 39.0 Å². The summed E-state index contributed by atoms with van der Waals surface area (Å²) in [6.07, 6.45) is 1.56. The lowest BCUT2D eigenvalue weighted by molar-refractivity contribution is 0.102. The first-order chi connectivity index (χ1) is 11.6. The van der Waals surface area contributed by atoms with Gasteiger partial charge in [-0.05, 0) is 64.8 Å². The number of carbonyl (C=O) groups is 1. The van der Waals surface area contributed by atoms with Gasteiger partial charge in [0.1, 0.15) is 5.82 Å². The molecule has 0 atom stereocenters. The van der Waals surface area contributed by atoms with Crippen LogP contribution in [0.15, 0.2) is 71.3 Å². The van der Waals surface area contributed by atoms with Gasteiger partial charge >= 0.3 is 0 Å². The van der Waals surface area contributed by atoms with Gasteiger partial charge in [-0.2, -0.15) is 0 Å². The quantitative estimate of drug-likeness (QED) is 0.656. The number of rotatable bonds is 4. The number of aryl methyl sites for hydroxylation is 1. The summed E-state index contributed by atoms with van der Waals surface area (Å²) < 4.78 is 0.968. The molecule has 0 radical (unpaired) electrons. The monoisotopic (exact) mass is 381 g/mol. The summed E-state index contributed by atoms with van der Waals surface area (Å²) in [7, 11) is 0. The summed E-state index contributed by atoms with van der Waals surface area (Å²) in [6.45, 7) is 2.03. The maximum Gasteiger partial charge on any atom is 0.257 e. The topological polar surface area (TPSA) is 54.0 Å². The van der Waals surface area contributed by atoms with E-state index in [9.17, 15) is 4.79 Å². The molecule has 0 fully saturated rings. The number of nitrogens with one attached hydrogen (secondary N) is 2. The molecule has 3 rings (SSSR count). The summed E-state index contributed by atoms with van der Waals surface area (Å²) in [5, 5.41) is 6.06. The third-order valence-electron chi connectivity index (χ3n) is 3.44. The second-order valence-electron chi connectivity index (χ2n) is 5.36. The van der Waals surface area contributed by atoms with E-state index in [1.807, 2.05) is 55.5 Å². The van der Waals surface area contributed by atoms with Gasteiger partial charge in [-0.15, -0.1) is 0 Å². The summed E-state index contributed by atoms with van der Waals surface area (Å²) in [5.74, 6) is 0.493. The van der Waals surface area contributed by atoms with E-state index < -0.39 is 0 Å². The second kappa shape index (κ2) is 7.27. The Kier molecular flexibility index (Phi) is 4.91. The van der Waals surface area contributed by atoms with Gasteiger partial charge in [0.25, 0.3) is 5.91 Å². The molecule has 3 aromatic rings. The normalized spacial score (nSPS) is 10.2. The minimum atomic E-state index is -0.184. The average Bonchev–Trinajstić information content (AvgIpc) is 2.59. The standard InChI is InChI=1S/C19H16BrN3O/c1-13-7-9-17(16(20)11-13)23-18-10-8-14(12-21-18)19(24)22-15-5-3-2-4-6-15/h2-12H,1H3,(H,21,23)(H,22,24). The van der Waals surface area contributed by atoms with Crippen molar-refractivity contribution in [1.82, 2.24) is 4.98 Å². The molecule has 1 amide bonds. The molecule has 0 saturated heterocycles. The minimum Gasteiger partial charge on any atom is -0.339 e. The first kappa shape index (κ1) is 16.2. The minimum absolute atomic E-state index is 0.184. The van der Waals surface area contributed by atoms with Crippen molar-refractivity contribution in [3.63, 3.8) is 0 Å². The van der Waals surface area contributed by atoms with Crippen LogP contribution in [0.5, 0.6) is 0 Å². The second-order valence-corrected chi connectivity index (χ2v) is 6.21. The molecule has 0 aliphatic heterocycles. The number of hydrogen-bond acceptors (Lipinski definition) is 3. The van der Waals surface area contributed by atoms with Gasteiger partial charge in [0, 0.05) is 16.4 Å². The number of pyridine rings is 1. The Labute approximate surface area is 149 Å². The molecule has 2 N–H and O–H groups in total. The van der Waals surface area contributed by atoms with E-state index in [-0.39, 0.29) is 5.91 Å². The summed E-state index contributed by atoms with van der Waals surface area (Å²) in [6, 6.07) is 18.9. The van der Waals surface area contributed by atoms with Crippen molar-refractivity contribution in [2.24, 2.45) is 0 Å². The number of carbonyl (C=O) groups excluding carboxylic acids is 1. The van der Waals surface area contributed by atoms with Crippen LogP contribution >= 0.6 is 15.9 Å². The van der Waals surface area contributed by atoms with Gasteiger partial charge < -0.3 is 10.6 Å². The zero-order valence-electron chi connectivity index (χ0n) is 13.1. The zero-order chi connectivity index (χ0) is 16.9. The molecular weight excluding hydrogens is 366 g/mol. The molecule has 0 unspecified atom stereocenters. The molecule has 0 aliphatic rings. The van der Waals surface area contributed by atoms with Crippen molar-refractivity contribution in [1.29, 1.82) is 0 Å². The highest BCUT2D eigenvalue weighted by Crippen LogP contribution is 2.26. The predicted octanol–water partition coefficient (Wildman–Crippen LogP) is 5.15. The Morgan fingerprint density at radius 3 is 2.50 bits per heavy atom. The van der Waals surface area contributed by atoms with Gasteiger partial charge in [0.15, 0.2) is 0 Å². The van der Waals surface area contributed by atoms with E-state index >= 15 is 0 Å². The largest absolute Gasteiger partial charge is 0.339 e. The van der Waals surface area contributed by atoms with E-state index in [1.165, 1.54) is 5.56 Å². The lowest BCUT2D eigenvalue weighted by Crippen LogP contribution is -2.12. The van der Waals surface area contributed by atoms with Crippen molar-refractivity contribution < 1.29 is 4.79 Å². The lowest BCUT2D eigenvalue weighted by Gasteiger charge is -2.09. The number of para-hydroxylation sites is 1. The molecule has 2 aromatic carbocycles. The lowest BCUT2D eigenvalue weighted by atomic mass is 10.2. The predicted molar refractivity (Wildman–Crippen MR) is 101 cm³/mol. The smallest absolute Gasteiger partial charge is 0.257 e. The third kappa shape index (κ3) is 4.00. The number of hydrogen-bond donors (Lipinski definition) is 2.